The zero-order chi connectivity index (χ0) is 11.8. The van der Waals surface area contributed by atoms with Crippen molar-refractivity contribution >= 4 is 17.7 Å². The molecule has 0 aromatic carbocycles. The lowest BCUT2D eigenvalue weighted by Gasteiger charge is -2.22. The highest BCUT2D eigenvalue weighted by Gasteiger charge is 2.17. The maximum atomic E-state index is 11.6. The molecule has 3 N–H and O–H groups in total. The number of hydrogen-bond donors (Lipinski definition) is 2. The summed E-state index contributed by atoms with van der Waals surface area (Å²) in [6, 6.07) is -0.432. The molecule has 1 fully saturated rings. The molecule has 94 valence electrons. The molecule has 0 aromatic heterocycles. The predicted octanol–water partition coefficient (Wildman–Crippen LogP) is 0.610. The molecule has 0 radical (unpaired) electrons. The van der Waals surface area contributed by atoms with Crippen molar-refractivity contribution in [2.45, 2.75) is 25.3 Å². The first-order valence-electron chi connectivity index (χ1n) is 5.84. The Bertz CT molecular complexity index is 208. The lowest BCUT2D eigenvalue weighted by molar-refractivity contribution is -0.122. The van der Waals surface area contributed by atoms with Crippen LogP contribution in [0.5, 0.6) is 0 Å². The first-order valence-corrected chi connectivity index (χ1v) is 6.99. The summed E-state index contributed by atoms with van der Waals surface area (Å²) in [5.41, 5.74) is 5.72. The number of thioether (sulfide) groups is 1. The Morgan fingerprint density at radius 3 is 2.88 bits per heavy atom. The quantitative estimate of drug-likeness (QED) is 0.721. The van der Waals surface area contributed by atoms with E-state index in [1.54, 1.807) is 7.11 Å². The van der Waals surface area contributed by atoms with Crippen molar-refractivity contribution in [1.29, 1.82) is 0 Å². The van der Waals surface area contributed by atoms with Crippen LogP contribution in [0.2, 0.25) is 0 Å². The monoisotopic (exact) mass is 246 g/mol. The second kappa shape index (κ2) is 7.92. The van der Waals surface area contributed by atoms with Crippen LogP contribution in [-0.2, 0) is 9.53 Å². The van der Waals surface area contributed by atoms with Gasteiger partial charge in [0.1, 0.15) is 0 Å². The highest BCUT2D eigenvalue weighted by Crippen LogP contribution is 2.21. The van der Waals surface area contributed by atoms with Crippen molar-refractivity contribution in [2.24, 2.45) is 11.7 Å². The molecule has 1 aliphatic rings. The standard InChI is InChI=1S/C11H22N2O2S/c1-15-5-2-10(12)11(14)13-8-9-3-6-16-7-4-9/h9-10H,2-8,12H2,1H3,(H,13,14). The van der Waals surface area contributed by atoms with E-state index in [1.165, 1.54) is 24.3 Å². The van der Waals surface area contributed by atoms with Crippen LogP contribution >= 0.6 is 11.8 Å². The molecule has 0 saturated carbocycles. The Labute approximate surface area is 102 Å². The first-order chi connectivity index (χ1) is 7.74. The lowest BCUT2D eigenvalue weighted by atomic mass is 10.0. The Hall–Kier alpha value is -0.260. The molecule has 0 aromatic rings. The highest BCUT2D eigenvalue weighted by atomic mass is 32.2. The third kappa shape index (κ3) is 5.18. The van der Waals surface area contributed by atoms with Crippen LogP contribution in [0.25, 0.3) is 0 Å². The number of amides is 1. The van der Waals surface area contributed by atoms with Gasteiger partial charge in [-0.25, -0.2) is 0 Å². The number of ether oxygens (including phenoxy) is 1. The van der Waals surface area contributed by atoms with Crippen LogP contribution in [0.15, 0.2) is 0 Å². The predicted molar refractivity (Wildman–Crippen MR) is 67.5 cm³/mol. The highest BCUT2D eigenvalue weighted by molar-refractivity contribution is 7.99. The number of nitrogens with two attached hydrogens (primary N) is 1. The van der Waals surface area contributed by atoms with Gasteiger partial charge in [-0.3, -0.25) is 4.79 Å². The minimum Gasteiger partial charge on any atom is -0.385 e. The normalized spacial score (nSPS) is 19.4. The van der Waals surface area contributed by atoms with Crippen LogP contribution in [0.4, 0.5) is 0 Å². The zero-order valence-corrected chi connectivity index (χ0v) is 10.7. The van der Waals surface area contributed by atoms with Crippen LogP contribution in [0.3, 0.4) is 0 Å². The van der Waals surface area contributed by atoms with Gasteiger partial charge in [0, 0.05) is 20.3 Å². The fraction of sp³-hybridized carbons (Fsp3) is 0.909. The van der Waals surface area contributed by atoms with Crippen molar-refractivity contribution in [3.63, 3.8) is 0 Å². The molecule has 1 amide bonds. The first kappa shape index (κ1) is 13.8. The largest absolute Gasteiger partial charge is 0.385 e. The molecular formula is C11H22N2O2S. The SMILES string of the molecule is COCCC(N)C(=O)NCC1CCSCC1. The average Bonchev–Trinajstić information content (AvgIpc) is 2.34. The molecule has 4 nitrogen and oxygen atoms in total. The summed E-state index contributed by atoms with van der Waals surface area (Å²) in [5, 5.41) is 2.93. The van der Waals surface area contributed by atoms with Crippen molar-refractivity contribution in [1.82, 2.24) is 5.32 Å². The summed E-state index contributed by atoms with van der Waals surface area (Å²) in [7, 11) is 1.62. The van der Waals surface area contributed by atoms with Gasteiger partial charge < -0.3 is 15.8 Å². The molecule has 16 heavy (non-hydrogen) atoms. The van der Waals surface area contributed by atoms with E-state index in [0.717, 1.165) is 6.54 Å². The van der Waals surface area contributed by atoms with Crippen LogP contribution in [0.1, 0.15) is 19.3 Å². The molecule has 1 saturated heterocycles. The average molecular weight is 246 g/mol. The molecule has 1 heterocycles. The number of carbonyl (C=O) groups excluding carboxylic acids is 1. The number of nitrogens with one attached hydrogen (secondary N) is 1. The van der Waals surface area contributed by atoms with Crippen LogP contribution in [-0.4, -0.2) is 43.7 Å². The van der Waals surface area contributed by atoms with Gasteiger partial charge in [0.2, 0.25) is 5.91 Å². The summed E-state index contributed by atoms with van der Waals surface area (Å²) in [6.07, 6.45) is 3.00. The molecule has 0 spiro atoms. The molecule has 0 bridgehead atoms. The molecule has 5 heteroatoms. The van der Waals surface area contributed by atoms with E-state index in [4.69, 9.17) is 10.5 Å². The molecule has 1 atom stereocenters. The van der Waals surface area contributed by atoms with E-state index in [9.17, 15) is 4.79 Å². The minimum absolute atomic E-state index is 0.0460. The van der Waals surface area contributed by atoms with Crippen LogP contribution in [0, 0.1) is 5.92 Å². The van der Waals surface area contributed by atoms with Gasteiger partial charge in [0.15, 0.2) is 0 Å². The van der Waals surface area contributed by atoms with E-state index in [0.29, 0.717) is 18.9 Å². The zero-order valence-electron chi connectivity index (χ0n) is 9.91. The van der Waals surface area contributed by atoms with E-state index < -0.39 is 6.04 Å². The second-order valence-corrected chi connectivity index (χ2v) is 5.41. The van der Waals surface area contributed by atoms with Crippen molar-refractivity contribution in [3.8, 4) is 0 Å². The van der Waals surface area contributed by atoms with Gasteiger partial charge >= 0.3 is 0 Å². The molecule has 1 rings (SSSR count). The van der Waals surface area contributed by atoms with E-state index in [2.05, 4.69) is 5.32 Å². The summed E-state index contributed by atoms with van der Waals surface area (Å²) >= 11 is 2.00. The number of hydrogen-bond acceptors (Lipinski definition) is 4. The molecular weight excluding hydrogens is 224 g/mol. The summed E-state index contributed by atoms with van der Waals surface area (Å²) in [5.74, 6) is 3.03. The van der Waals surface area contributed by atoms with Gasteiger partial charge in [-0.15, -0.1) is 0 Å². The maximum Gasteiger partial charge on any atom is 0.237 e. The van der Waals surface area contributed by atoms with Crippen molar-refractivity contribution < 1.29 is 9.53 Å². The van der Waals surface area contributed by atoms with Crippen molar-refractivity contribution in [3.05, 3.63) is 0 Å². The summed E-state index contributed by atoms with van der Waals surface area (Å²) in [4.78, 5) is 11.6. The molecule has 1 unspecified atom stereocenters. The van der Waals surface area contributed by atoms with Crippen LogP contribution < -0.4 is 11.1 Å². The Kier molecular flexibility index (Phi) is 6.84. The lowest BCUT2D eigenvalue weighted by Crippen LogP contribution is -2.43. The smallest absolute Gasteiger partial charge is 0.237 e. The Morgan fingerprint density at radius 1 is 1.56 bits per heavy atom. The number of rotatable bonds is 6. The van der Waals surface area contributed by atoms with Gasteiger partial charge in [-0.1, -0.05) is 0 Å². The van der Waals surface area contributed by atoms with E-state index >= 15 is 0 Å². The molecule has 0 aliphatic carbocycles. The fourth-order valence-electron chi connectivity index (χ4n) is 1.70. The Morgan fingerprint density at radius 2 is 2.25 bits per heavy atom. The number of carbonyl (C=O) groups is 1. The summed E-state index contributed by atoms with van der Waals surface area (Å²) < 4.78 is 4.89. The van der Waals surface area contributed by atoms with E-state index in [1.807, 2.05) is 11.8 Å². The van der Waals surface area contributed by atoms with Gasteiger partial charge in [0.05, 0.1) is 6.04 Å². The number of methoxy groups -OCH3 is 1. The van der Waals surface area contributed by atoms with Crippen molar-refractivity contribution in [2.75, 3.05) is 31.8 Å². The van der Waals surface area contributed by atoms with E-state index in [-0.39, 0.29) is 5.91 Å². The minimum atomic E-state index is -0.432. The Balaban J connectivity index is 2.12. The molecule has 1 aliphatic heterocycles. The van der Waals surface area contributed by atoms with Gasteiger partial charge in [-0.2, -0.15) is 11.8 Å². The van der Waals surface area contributed by atoms with Gasteiger partial charge in [-0.05, 0) is 36.7 Å². The topological polar surface area (TPSA) is 64.3 Å². The second-order valence-electron chi connectivity index (χ2n) is 4.19. The third-order valence-corrected chi connectivity index (χ3v) is 3.92. The van der Waals surface area contributed by atoms with Gasteiger partial charge in [0.25, 0.3) is 0 Å². The maximum absolute atomic E-state index is 11.6. The fourth-order valence-corrected chi connectivity index (χ4v) is 2.91. The summed E-state index contributed by atoms with van der Waals surface area (Å²) in [6.45, 7) is 1.31. The third-order valence-electron chi connectivity index (χ3n) is 2.88.